The number of hydrogen-bond donors (Lipinski definition) is 4. The van der Waals surface area contributed by atoms with Gasteiger partial charge in [0.2, 0.25) is 0 Å². The van der Waals surface area contributed by atoms with E-state index in [1.54, 1.807) is 4.90 Å². The monoisotopic (exact) mass is 238 g/mol. The number of pyridine rings is 1. The van der Waals surface area contributed by atoms with Crippen molar-refractivity contribution >= 4 is 17.4 Å². The van der Waals surface area contributed by atoms with Crippen molar-refractivity contribution in [3.63, 3.8) is 0 Å². The number of anilines is 2. The highest BCUT2D eigenvalue weighted by molar-refractivity contribution is 5.98. The molecule has 0 bridgehead atoms. The van der Waals surface area contributed by atoms with Crippen LogP contribution >= 0.6 is 0 Å². The Balaban J connectivity index is 2.28. The number of amides is 1. The van der Waals surface area contributed by atoms with Crippen molar-refractivity contribution in [3.05, 3.63) is 17.8 Å². The maximum Gasteiger partial charge on any atom is 0.250 e. The Morgan fingerprint density at radius 2 is 2.00 bits per heavy atom. The van der Waals surface area contributed by atoms with Crippen molar-refractivity contribution < 1.29 is 15.0 Å². The Morgan fingerprint density at radius 3 is 2.53 bits per heavy atom. The number of primary amides is 1. The van der Waals surface area contributed by atoms with Crippen molar-refractivity contribution in [2.75, 3.05) is 23.7 Å². The molecule has 17 heavy (non-hydrogen) atoms. The van der Waals surface area contributed by atoms with E-state index >= 15 is 0 Å². The molecule has 1 aliphatic rings. The van der Waals surface area contributed by atoms with Crippen LogP contribution in [0.15, 0.2) is 12.3 Å². The minimum Gasteiger partial charge on any atom is -0.397 e. The Hall–Kier alpha value is -1.86. The molecule has 0 aliphatic carbocycles. The van der Waals surface area contributed by atoms with Crippen LogP contribution in [0.2, 0.25) is 0 Å². The molecule has 0 aromatic carbocycles. The van der Waals surface area contributed by atoms with Gasteiger partial charge in [-0.15, -0.1) is 0 Å². The summed E-state index contributed by atoms with van der Waals surface area (Å²) in [6.45, 7) is 0.520. The van der Waals surface area contributed by atoms with Gasteiger partial charge in [-0.2, -0.15) is 0 Å². The number of aliphatic hydroxyl groups excluding tert-OH is 2. The van der Waals surface area contributed by atoms with E-state index in [0.29, 0.717) is 5.82 Å². The summed E-state index contributed by atoms with van der Waals surface area (Å²) in [5.74, 6) is -0.171. The number of nitrogens with zero attached hydrogens (tertiary/aromatic N) is 2. The van der Waals surface area contributed by atoms with Gasteiger partial charge in [0, 0.05) is 13.1 Å². The van der Waals surface area contributed by atoms with Crippen molar-refractivity contribution in [2.24, 2.45) is 5.73 Å². The summed E-state index contributed by atoms with van der Waals surface area (Å²) in [6.07, 6.45) is -0.287. The molecule has 1 aliphatic heterocycles. The van der Waals surface area contributed by atoms with E-state index in [1.165, 1.54) is 12.3 Å². The third-order valence-electron chi connectivity index (χ3n) is 2.77. The Labute approximate surface area is 97.7 Å². The number of nitrogen functional groups attached to an aromatic ring is 1. The summed E-state index contributed by atoms with van der Waals surface area (Å²) in [4.78, 5) is 16.8. The molecular formula is C10H14N4O3. The summed E-state index contributed by atoms with van der Waals surface area (Å²) >= 11 is 0. The smallest absolute Gasteiger partial charge is 0.250 e. The van der Waals surface area contributed by atoms with E-state index in [0.717, 1.165) is 0 Å². The third-order valence-corrected chi connectivity index (χ3v) is 2.77. The predicted octanol–water partition coefficient (Wildman–Crippen LogP) is -1.70. The predicted molar refractivity (Wildman–Crippen MR) is 61.4 cm³/mol. The Bertz CT molecular complexity index is 441. The number of aromatic nitrogens is 1. The van der Waals surface area contributed by atoms with Crippen molar-refractivity contribution in [1.29, 1.82) is 0 Å². The number of β-amino-alcohol motifs (C(OH)–C–C–N with tert-alkyl or cyclic N) is 2. The molecule has 1 aromatic heterocycles. The van der Waals surface area contributed by atoms with E-state index in [-0.39, 0.29) is 24.3 Å². The van der Waals surface area contributed by atoms with E-state index in [2.05, 4.69) is 4.98 Å². The molecule has 2 atom stereocenters. The lowest BCUT2D eigenvalue weighted by molar-refractivity contribution is 0.0572. The van der Waals surface area contributed by atoms with Crippen LogP contribution in [0.3, 0.4) is 0 Å². The Kier molecular flexibility index (Phi) is 2.86. The first-order valence-electron chi connectivity index (χ1n) is 5.15. The molecule has 2 heterocycles. The van der Waals surface area contributed by atoms with Gasteiger partial charge in [-0.05, 0) is 6.07 Å². The number of carbonyl (C=O) groups is 1. The number of hydrogen-bond acceptors (Lipinski definition) is 6. The minimum absolute atomic E-state index is 0.186. The van der Waals surface area contributed by atoms with Crippen LogP contribution < -0.4 is 16.4 Å². The molecule has 2 unspecified atom stereocenters. The summed E-state index contributed by atoms with van der Waals surface area (Å²) in [7, 11) is 0. The highest BCUT2D eigenvalue weighted by Crippen LogP contribution is 2.22. The zero-order chi connectivity index (χ0) is 12.6. The standard InChI is InChI=1S/C10H14N4O3/c11-6-2-13-9(1-5(6)10(12)17)14-3-7(15)8(16)4-14/h1-2,7-8,15-16H,3-4,11H2,(H2,12,17). The van der Waals surface area contributed by atoms with Gasteiger partial charge in [0.05, 0.1) is 29.7 Å². The number of carbonyl (C=O) groups excluding carboxylic acids is 1. The molecule has 0 saturated carbocycles. The molecule has 92 valence electrons. The van der Waals surface area contributed by atoms with Gasteiger partial charge in [-0.3, -0.25) is 4.79 Å². The molecule has 2 rings (SSSR count). The minimum atomic E-state index is -0.814. The summed E-state index contributed by atoms with van der Waals surface area (Å²) in [5.41, 5.74) is 11.1. The largest absolute Gasteiger partial charge is 0.397 e. The number of nitrogens with two attached hydrogens (primary N) is 2. The second-order valence-electron chi connectivity index (χ2n) is 4.03. The molecule has 1 aromatic rings. The summed E-state index contributed by atoms with van der Waals surface area (Å²) in [6, 6.07) is 1.46. The van der Waals surface area contributed by atoms with E-state index in [9.17, 15) is 15.0 Å². The fourth-order valence-electron chi connectivity index (χ4n) is 1.80. The maximum atomic E-state index is 11.1. The fraction of sp³-hybridized carbons (Fsp3) is 0.400. The molecule has 1 fully saturated rings. The Morgan fingerprint density at radius 1 is 1.41 bits per heavy atom. The molecular weight excluding hydrogens is 224 g/mol. The molecule has 7 heteroatoms. The van der Waals surface area contributed by atoms with Gasteiger partial charge in [-0.1, -0.05) is 0 Å². The van der Waals surface area contributed by atoms with Crippen LogP contribution in [-0.4, -0.2) is 46.4 Å². The fourth-order valence-corrected chi connectivity index (χ4v) is 1.80. The van der Waals surface area contributed by atoms with Gasteiger partial charge in [0.1, 0.15) is 5.82 Å². The molecule has 6 N–H and O–H groups in total. The van der Waals surface area contributed by atoms with E-state index in [4.69, 9.17) is 11.5 Å². The molecule has 1 amide bonds. The molecule has 1 saturated heterocycles. The van der Waals surface area contributed by atoms with Crippen molar-refractivity contribution in [2.45, 2.75) is 12.2 Å². The average Bonchev–Trinajstić information content (AvgIpc) is 2.59. The second-order valence-corrected chi connectivity index (χ2v) is 4.03. The number of aliphatic hydroxyl groups is 2. The lowest BCUT2D eigenvalue weighted by atomic mass is 10.2. The highest BCUT2D eigenvalue weighted by atomic mass is 16.3. The van der Waals surface area contributed by atoms with Crippen LogP contribution in [0.4, 0.5) is 11.5 Å². The zero-order valence-electron chi connectivity index (χ0n) is 9.08. The SMILES string of the molecule is NC(=O)c1cc(N2CC(O)C(O)C2)ncc1N. The second kappa shape index (κ2) is 4.19. The van der Waals surface area contributed by atoms with E-state index < -0.39 is 18.1 Å². The van der Waals surface area contributed by atoms with Gasteiger partial charge in [-0.25, -0.2) is 4.98 Å². The molecule has 7 nitrogen and oxygen atoms in total. The normalized spacial score (nSPS) is 24.0. The first-order valence-corrected chi connectivity index (χ1v) is 5.15. The van der Waals surface area contributed by atoms with E-state index in [1.807, 2.05) is 0 Å². The first kappa shape index (κ1) is 11.6. The molecule has 0 radical (unpaired) electrons. The van der Waals surface area contributed by atoms with Gasteiger partial charge in [0.25, 0.3) is 5.91 Å². The lowest BCUT2D eigenvalue weighted by Gasteiger charge is -2.17. The van der Waals surface area contributed by atoms with Crippen LogP contribution in [0, 0.1) is 0 Å². The quantitative estimate of drug-likeness (QED) is 0.487. The first-order chi connectivity index (χ1) is 7.99. The lowest BCUT2D eigenvalue weighted by Crippen LogP contribution is -2.23. The van der Waals surface area contributed by atoms with Gasteiger partial charge in [0.15, 0.2) is 0 Å². The topological polar surface area (TPSA) is 126 Å². The number of rotatable bonds is 2. The highest BCUT2D eigenvalue weighted by Gasteiger charge is 2.30. The van der Waals surface area contributed by atoms with Crippen LogP contribution in [0.5, 0.6) is 0 Å². The van der Waals surface area contributed by atoms with Gasteiger partial charge < -0.3 is 26.6 Å². The van der Waals surface area contributed by atoms with Crippen molar-refractivity contribution in [3.8, 4) is 0 Å². The molecule has 0 spiro atoms. The zero-order valence-corrected chi connectivity index (χ0v) is 9.08. The third kappa shape index (κ3) is 2.15. The van der Waals surface area contributed by atoms with Crippen LogP contribution in [-0.2, 0) is 0 Å². The van der Waals surface area contributed by atoms with Crippen molar-refractivity contribution in [1.82, 2.24) is 4.98 Å². The summed E-state index contributed by atoms with van der Waals surface area (Å²) < 4.78 is 0. The maximum absolute atomic E-state index is 11.1. The van der Waals surface area contributed by atoms with Crippen LogP contribution in [0.25, 0.3) is 0 Å². The van der Waals surface area contributed by atoms with Crippen LogP contribution in [0.1, 0.15) is 10.4 Å². The average molecular weight is 238 g/mol. The summed E-state index contributed by atoms with van der Waals surface area (Å²) in [5, 5.41) is 18.9. The van der Waals surface area contributed by atoms with Gasteiger partial charge >= 0.3 is 0 Å².